The maximum Gasteiger partial charge on any atom is 0.0587 e. The summed E-state index contributed by atoms with van der Waals surface area (Å²) in [5.74, 6) is 0. The molecule has 1 spiro atoms. The van der Waals surface area contributed by atoms with Crippen molar-refractivity contribution in [2.75, 3.05) is 26.4 Å². The Morgan fingerprint density at radius 2 is 2.14 bits per heavy atom. The average Bonchev–Trinajstić information content (AvgIpc) is 2.80. The molecule has 1 atom stereocenters. The highest BCUT2D eigenvalue weighted by Crippen LogP contribution is 2.41. The second-order valence-electron chi connectivity index (χ2n) is 6.79. The van der Waals surface area contributed by atoms with Crippen LogP contribution in [0, 0.1) is 12.3 Å². The van der Waals surface area contributed by atoms with Crippen LogP contribution in [0.1, 0.15) is 36.9 Å². The van der Waals surface area contributed by atoms with Gasteiger partial charge in [-0.3, -0.25) is 9.58 Å². The van der Waals surface area contributed by atoms with E-state index in [9.17, 15) is 5.11 Å². The fourth-order valence-electron chi connectivity index (χ4n) is 3.89. The van der Waals surface area contributed by atoms with E-state index in [4.69, 9.17) is 4.74 Å². The lowest BCUT2D eigenvalue weighted by Crippen LogP contribution is -2.51. The van der Waals surface area contributed by atoms with Crippen molar-refractivity contribution in [3.05, 3.63) is 17.5 Å². The summed E-state index contributed by atoms with van der Waals surface area (Å²) in [7, 11) is 2.00. The molecule has 0 amide bonds. The van der Waals surface area contributed by atoms with Gasteiger partial charge in [0.25, 0.3) is 0 Å². The van der Waals surface area contributed by atoms with E-state index in [1.54, 1.807) is 0 Å². The Kier molecular flexibility index (Phi) is 4.33. The van der Waals surface area contributed by atoms with Gasteiger partial charge in [0, 0.05) is 39.4 Å². The third-order valence-electron chi connectivity index (χ3n) is 5.45. The van der Waals surface area contributed by atoms with E-state index in [0.717, 1.165) is 45.6 Å². The molecule has 2 fully saturated rings. The van der Waals surface area contributed by atoms with E-state index in [0.29, 0.717) is 5.41 Å². The Hall–Kier alpha value is -0.910. The van der Waals surface area contributed by atoms with Gasteiger partial charge in [-0.05, 0) is 43.6 Å². The second kappa shape index (κ2) is 6.07. The van der Waals surface area contributed by atoms with Crippen LogP contribution in [-0.4, -0.2) is 52.2 Å². The van der Waals surface area contributed by atoms with Gasteiger partial charge in [0.1, 0.15) is 0 Å². The molecule has 0 saturated carbocycles. The van der Waals surface area contributed by atoms with Gasteiger partial charge in [0.2, 0.25) is 0 Å². The molecule has 5 nitrogen and oxygen atoms in total. The van der Waals surface area contributed by atoms with Crippen molar-refractivity contribution < 1.29 is 9.84 Å². The predicted octanol–water partition coefficient (Wildman–Crippen LogP) is 1.48. The maximum absolute atomic E-state index is 9.73. The summed E-state index contributed by atoms with van der Waals surface area (Å²) < 4.78 is 7.51. The first-order valence-electron chi connectivity index (χ1n) is 8.04. The van der Waals surface area contributed by atoms with Crippen LogP contribution < -0.4 is 0 Å². The number of ether oxygens (including phenoxy) is 1. The van der Waals surface area contributed by atoms with Gasteiger partial charge in [-0.1, -0.05) is 0 Å². The molecule has 118 valence electrons. The van der Waals surface area contributed by atoms with E-state index < -0.39 is 0 Å². The van der Waals surface area contributed by atoms with Crippen molar-refractivity contribution in [1.82, 2.24) is 14.7 Å². The van der Waals surface area contributed by atoms with Crippen LogP contribution in [-0.2, 0) is 18.3 Å². The smallest absolute Gasteiger partial charge is 0.0587 e. The summed E-state index contributed by atoms with van der Waals surface area (Å²) in [6.07, 6.45) is 6.56. The third kappa shape index (κ3) is 3.00. The summed E-state index contributed by atoms with van der Waals surface area (Å²) in [6, 6.07) is 0.285. The molecule has 2 aliphatic heterocycles. The minimum absolute atomic E-state index is 0.253. The maximum atomic E-state index is 9.73. The minimum atomic E-state index is 0.253. The fraction of sp³-hybridized carbons (Fsp3) is 0.812. The number of piperidine rings is 1. The van der Waals surface area contributed by atoms with Crippen molar-refractivity contribution in [1.29, 1.82) is 0 Å². The van der Waals surface area contributed by atoms with Gasteiger partial charge >= 0.3 is 0 Å². The van der Waals surface area contributed by atoms with Crippen LogP contribution in [0.4, 0.5) is 0 Å². The van der Waals surface area contributed by atoms with Crippen LogP contribution >= 0.6 is 0 Å². The minimum Gasteiger partial charge on any atom is -0.395 e. The van der Waals surface area contributed by atoms with Crippen molar-refractivity contribution >= 4 is 0 Å². The number of rotatable bonds is 3. The normalized spacial score (nSPS) is 26.3. The van der Waals surface area contributed by atoms with E-state index in [2.05, 4.69) is 16.9 Å². The molecule has 21 heavy (non-hydrogen) atoms. The zero-order chi connectivity index (χ0) is 14.9. The first kappa shape index (κ1) is 15.0. The number of nitrogens with zero attached hydrogens (tertiary/aromatic N) is 3. The summed E-state index contributed by atoms with van der Waals surface area (Å²) in [6.45, 7) is 6.11. The third-order valence-corrected chi connectivity index (χ3v) is 5.45. The lowest BCUT2D eigenvalue weighted by Gasteiger charge is -2.48. The molecule has 0 radical (unpaired) electrons. The quantitative estimate of drug-likeness (QED) is 0.917. The van der Waals surface area contributed by atoms with E-state index >= 15 is 0 Å². The van der Waals surface area contributed by atoms with Gasteiger partial charge in [0.05, 0.1) is 18.5 Å². The molecule has 0 aliphatic carbocycles. The Morgan fingerprint density at radius 1 is 1.38 bits per heavy atom. The fourth-order valence-corrected chi connectivity index (χ4v) is 3.89. The molecule has 1 aromatic rings. The van der Waals surface area contributed by atoms with E-state index in [-0.39, 0.29) is 12.6 Å². The summed E-state index contributed by atoms with van der Waals surface area (Å²) in [5, 5.41) is 14.1. The Labute approximate surface area is 126 Å². The van der Waals surface area contributed by atoms with E-state index in [1.165, 1.54) is 17.7 Å². The molecular formula is C16H27N3O2. The van der Waals surface area contributed by atoms with Crippen molar-refractivity contribution in [2.45, 2.75) is 45.2 Å². The predicted molar refractivity (Wildman–Crippen MR) is 80.9 cm³/mol. The van der Waals surface area contributed by atoms with Crippen LogP contribution in [0.5, 0.6) is 0 Å². The molecule has 0 bridgehead atoms. The number of aliphatic hydroxyl groups excluding tert-OH is 1. The Balaban J connectivity index is 1.76. The number of aromatic nitrogens is 2. The monoisotopic (exact) mass is 293 g/mol. The van der Waals surface area contributed by atoms with Crippen LogP contribution in [0.2, 0.25) is 0 Å². The van der Waals surface area contributed by atoms with Gasteiger partial charge in [-0.2, -0.15) is 5.10 Å². The first-order chi connectivity index (χ1) is 10.1. The second-order valence-corrected chi connectivity index (χ2v) is 6.79. The molecule has 2 saturated heterocycles. The Bertz CT molecular complexity index is 460. The lowest BCUT2D eigenvalue weighted by molar-refractivity contribution is -0.0556. The highest BCUT2D eigenvalue weighted by molar-refractivity contribution is 5.15. The first-order valence-corrected chi connectivity index (χ1v) is 8.04. The lowest BCUT2D eigenvalue weighted by atomic mass is 9.72. The number of hydrogen-bond donors (Lipinski definition) is 1. The highest BCUT2D eigenvalue weighted by atomic mass is 16.5. The average molecular weight is 293 g/mol. The molecular weight excluding hydrogens is 266 g/mol. The number of aryl methyl sites for hydroxylation is 2. The SMILES string of the molecule is Cc1cnn(C)c1CN1CC2(CCOCC2)CCC1CO. The molecule has 1 N–H and O–H groups in total. The standard InChI is InChI=1S/C16H27N3O2/c1-13-9-17-18(2)15(13)10-19-12-16(4-3-14(19)11-20)5-7-21-8-6-16/h9,14,20H,3-8,10-12H2,1-2H3. The van der Waals surface area contributed by atoms with Crippen molar-refractivity contribution in [3.8, 4) is 0 Å². The molecule has 3 heterocycles. The number of aliphatic hydroxyl groups is 1. The molecule has 5 heteroatoms. The van der Waals surface area contributed by atoms with E-state index in [1.807, 2.05) is 17.9 Å². The summed E-state index contributed by atoms with van der Waals surface area (Å²) >= 11 is 0. The van der Waals surface area contributed by atoms with Gasteiger partial charge in [-0.25, -0.2) is 0 Å². The van der Waals surface area contributed by atoms with Crippen LogP contribution in [0.15, 0.2) is 6.20 Å². The molecule has 1 unspecified atom stereocenters. The topological polar surface area (TPSA) is 50.5 Å². The summed E-state index contributed by atoms with van der Waals surface area (Å²) in [5.41, 5.74) is 2.90. The molecule has 2 aliphatic rings. The van der Waals surface area contributed by atoms with Crippen molar-refractivity contribution in [2.24, 2.45) is 12.5 Å². The zero-order valence-corrected chi connectivity index (χ0v) is 13.2. The van der Waals surface area contributed by atoms with Crippen LogP contribution in [0.3, 0.4) is 0 Å². The molecule has 3 rings (SSSR count). The van der Waals surface area contributed by atoms with Gasteiger partial charge < -0.3 is 9.84 Å². The van der Waals surface area contributed by atoms with Gasteiger partial charge in [-0.15, -0.1) is 0 Å². The number of likely N-dealkylation sites (tertiary alicyclic amines) is 1. The number of hydrogen-bond acceptors (Lipinski definition) is 4. The highest BCUT2D eigenvalue weighted by Gasteiger charge is 2.40. The van der Waals surface area contributed by atoms with Crippen LogP contribution in [0.25, 0.3) is 0 Å². The van der Waals surface area contributed by atoms with Gasteiger partial charge in [0.15, 0.2) is 0 Å². The van der Waals surface area contributed by atoms with Crippen molar-refractivity contribution in [3.63, 3.8) is 0 Å². The summed E-state index contributed by atoms with van der Waals surface area (Å²) in [4.78, 5) is 2.47. The largest absolute Gasteiger partial charge is 0.395 e. The Morgan fingerprint density at radius 3 is 2.76 bits per heavy atom. The zero-order valence-electron chi connectivity index (χ0n) is 13.2. The molecule has 1 aromatic heterocycles. The molecule has 0 aromatic carbocycles.